The van der Waals surface area contributed by atoms with Gasteiger partial charge in [0.15, 0.2) is 0 Å². The molecule has 0 aromatic heterocycles. The predicted octanol–water partition coefficient (Wildman–Crippen LogP) is 5.07. The molecule has 0 fully saturated rings. The SMILES string of the molecule is NC(=O)c1cc(-c2cc(Cl)c(Cl)c(Cl)c2)ccc1Cl. The Bertz CT molecular complexity index is 647. The Morgan fingerprint density at radius 2 is 1.42 bits per heavy atom. The van der Waals surface area contributed by atoms with Crippen molar-refractivity contribution in [2.24, 2.45) is 5.73 Å². The van der Waals surface area contributed by atoms with Crippen LogP contribution in [0.15, 0.2) is 30.3 Å². The number of carbonyl (C=O) groups excluding carboxylic acids is 1. The average molecular weight is 335 g/mol. The lowest BCUT2D eigenvalue weighted by atomic mass is 10.0. The molecule has 0 bridgehead atoms. The normalized spacial score (nSPS) is 10.5. The summed E-state index contributed by atoms with van der Waals surface area (Å²) in [6.45, 7) is 0. The molecule has 2 aromatic rings. The molecule has 0 saturated heterocycles. The molecule has 2 N–H and O–H groups in total. The van der Waals surface area contributed by atoms with Gasteiger partial charge in [0.1, 0.15) is 0 Å². The number of amides is 1. The number of hydrogen-bond acceptors (Lipinski definition) is 1. The Kier molecular flexibility index (Phi) is 4.26. The molecule has 19 heavy (non-hydrogen) atoms. The van der Waals surface area contributed by atoms with Gasteiger partial charge in [-0.25, -0.2) is 0 Å². The molecule has 2 aromatic carbocycles. The van der Waals surface area contributed by atoms with Crippen molar-refractivity contribution in [2.75, 3.05) is 0 Å². The number of carbonyl (C=O) groups is 1. The second-order valence-corrected chi connectivity index (χ2v) is 5.41. The highest BCUT2D eigenvalue weighted by Gasteiger charge is 2.11. The van der Waals surface area contributed by atoms with Gasteiger partial charge in [-0.05, 0) is 35.4 Å². The molecular weight excluding hydrogens is 328 g/mol. The van der Waals surface area contributed by atoms with Crippen molar-refractivity contribution in [1.29, 1.82) is 0 Å². The minimum Gasteiger partial charge on any atom is -0.366 e. The highest BCUT2D eigenvalue weighted by molar-refractivity contribution is 6.48. The summed E-state index contributed by atoms with van der Waals surface area (Å²) < 4.78 is 0. The molecule has 6 heteroatoms. The third-order valence-corrected chi connectivity index (χ3v) is 4.08. The highest BCUT2D eigenvalue weighted by Crippen LogP contribution is 2.35. The third-order valence-electron chi connectivity index (χ3n) is 2.55. The van der Waals surface area contributed by atoms with Crippen LogP contribution >= 0.6 is 46.4 Å². The van der Waals surface area contributed by atoms with Crippen LogP contribution in [0.5, 0.6) is 0 Å². The average Bonchev–Trinajstić information content (AvgIpc) is 2.35. The topological polar surface area (TPSA) is 43.1 Å². The van der Waals surface area contributed by atoms with E-state index in [-0.39, 0.29) is 10.6 Å². The summed E-state index contributed by atoms with van der Waals surface area (Å²) in [4.78, 5) is 11.3. The van der Waals surface area contributed by atoms with Crippen molar-refractivity contribution in [3.8, 4) is 11.1 Å². The number of rotatable bonds is 2. The molecule has 0 heterocycles. The summed E-state index contributed by atoms with van der Waals surface area (Å²) in [5, 5.41) is 1.25. The zero-order valence-electron chi connectivity index (χ0n) is 9.38. The van der Waals surface area contributed by atoms with Crippen LogP contribution in [0.25, 0.3) is 11.1 Å². The van der Waals surface area contributed by atoms with Crippen molar-refractivity contribution in [2.45, 2.75) is 0 Å². The molecule has 0 atom stereocenters. The van der Waals surface area contributed by atoms with Gasteiger partial charge in [-0.15, -0.1) is 0 Å². The molecule has 0 aliphatic carbocycles. The van der Waals surface area contributed by atoms with Gasteiger partial charge in [0.05, 0.1) is 25.7 Å². The van der Waals surface area contributed by atoms with E-state index >= 15 is 0 Å². The van der Waals surface area contributed by atoms with Crippen molar-refractivity contribution in [3.63, 3.8) is 0 Å². The van der Waals surface area contributed by atoms with Crippen LogP contribution in [-0.2, 0) is 0 Å². The smallest absolute Gasteiger partial charge is 0.250 e. The molecule has 1 amide bonds. The summed E-state index contributed by atoms with van der Waals surface area (Å²) in [5.41, 5.74) is 6.93. The molecule has 0 unspecified atom stereocenters. The first kappa shape index (κ1) is 14.5. The highest BCUT2D eigenvalue weighted by atomic mass is 35.5. The molecule has 2 rings (SSSR count). The van der Waals surface area contributed by atoms with Gasteiger partial charge < -0.3 is 5.73 Å². The molecule has 0 aliphatic heterocycles. The molecular formula is C13H7Cl4NO. The van der Waals surface area contributed by atoms with Crippen LogP contribution in [0, 0.1) is 0 Å². The van der Waals surface area contributed by atoms with Gasteiger partial charge in [-0.2, -0.15) is 0 Å². The van der Waals surface area contributed by atoms with E-state index in [1.54, 1.807) is 30.3 Å². The first-order chi connectivity index (χ1) is 8.90. The fourth-order valence-electron chi connectivity index (χ4n) is 1.62. The molecule has 0 radical (unpaired) electrons. The first-order valence-corrected chi connectivity index (χ1v) is 6.65. The maximum absolute atomic E-state index is 11.3. The van der Waals surface area contributed by atoms with E-state index in [9.17, 15) is 4.79 Å². The molecule has 0 aliphatic rings. The van der Waals surface area contributed by atoms with Crippen LogP contribution in [0.2, 0.25) is 20.1 Å². The van der Waals surface area contributed by atoms with E-state index in [2.05, 4.69) is 0 Å². The van der Waals surface area contributed by atoms with Gasteiger partial charge in [-0.3, -0.25) is 4.79 Å². The third kappa shape index (κ3) is 2.98. The lowest BCUT2D eigenvalue weighted by Gasteiger charge is -2.08. The van der Waals surface area contributed by atoms with E-state index in [0.29, 0.717) is 15.1 Å². The Morgan fingerprint density at radius 1 is 0.842 bits per heavy atom. The largest absolute Gasteiger partial charge is 0.366 e. The van der Waals surface area contributed by atoms with Crippen LogP contribution in [-0.4, -0.2) is 5.91 Å². The first-order valence-electron chi connectivity index (χ1n) is 5.14. The van der Waals surface area contributed by atoms with E-state index in [0.717, 1.165) is 11.1 Å². The zero-order chi connectivity index (χ0) is 14.2. The Hall–Kier alpha value is -0.930. The van der Waals surface area contributed by atoms with Crippen molar-refractivity contribution >= 4 is 52.3 Å². The predicted molar refractivity (Wildman–Crippen MR) is 80.4 cm³/mol. The zero-order valence-corrected chi connectivity index (χ0v) is 12.4. The molecule has 0 spiro atoms. The number of nitrogens with two attached hydrogens (primary N) is 1. The van der Waals surface area contributed by atoms with Crippen LogP contribution in [0.4, 0.5) is 0 Å². The number of benzene rings is 2. The van der Waals surface area contributed by atoms with Gasteiger partial charge in [0.2, 0.25) is 5.91 Å². The van der Waals surface area contributed by atoms with Crippen molar-refractivity contribution < 1.29 is 4.79 Å². The standard InChI is InChI=1S/C13H7Cl4NO/c14-9-2-1-6(3-8(9)13(18)19)7-4-10(15)12(17)11(16)5-7/h1-5H,(H2,18,19). The van der Waals surface area contributed by atoms with Crippen molar-refractivity contribution in [3.05, 3.63) is 56.0 Å². The minimum atomic E-state index is -0.599. The van der Waals surface area contributed by atoms with Crippen molar-refractivity contribution in [1.82, 2.24) is 0 Å². The summed E-state index contributed by atoms with van der Waals surface area (Å²) in [5.74, 6) is -0.599. The monoisotopic (exact) mass is 333 g/mol. The fraction of sp³-hybridized carbons (Fsp3) is 0. The maximum atomic E-state index is 11.3. The fourth-order valence-corrected chi connectivity index (χ4v) is 2.42. The lowest BCUT2D eigenvalue weighted by Crippen LogP contribution is -2.11. The number of hydrogen-bond donors (Lipinski definition) is 1. The van der Waals surface area contributed by atoms with E-state index in [4.69, 9.17) is 52.1 Å². The van der Waals surface area contributed by atoms with E-state index < -0.39 is 5.91 Å². The molecule has 0 saturated carbocycles. The second kappa shape index (κ2) is 5.59. The van der Waals surface area contributed by atoms with Gasteiger partial charge in [0.25, 0.3) is 0 Å². The summed E-state index contributed by atoms with van der Waals surface area (Å²) in [7, 11) is 0. The van der Waals surface area contributed by atoms with Gasteiger partial charge in [-0.1, -0.05) is 52.5 Å². The Balaban J connectivity index is 2.60. The van der Waals surface area contributed by atoms with Gasteiger partial charge >= 0.3 is 0 Å². The Morgan fingerprint density at radius 3 is 1.95 bits per heavy atom. The van der Waals surface area contributed by atoms with E-state index in [1.807, 2.05) is 0 Å². The van der Waals surface area contributed by atoms with E-state index in [1.165, 1.54) is 0 Å². The second-order valence-electron chi connectivity index (χ2n) is 3.81. The van der Waals surface area contributed by atoms with Crippen LogP contribution in [0.3, 0.4) is 0 Å². The maximum Gasteiger partial charge on any atom is 0.250 e. The number of primary amides is 1. The quantitative estimate of drug-likeness (QED) is 0.766. The molecule has 2 nitrogen and oxygen atoms in total. The lowest BCUT2D eigenvalue weighted by molar-refractivity contribution is 0.100. The van der Waals surface area contributed by atoms with Crippen LogP contribution < -0.4 is 5.73 Å². The summed E-state index contributed by atoms with van der Waals surface area (Å²) in [6, 6.07) is 8.23. The molecule has 98 valence electrons. The summed E-state index contributed by atoms with van der Waals surface area (Å²) in [6.07, 6.45) is 0. The summed E-state index contributed by atoms with van der Waals surface area (Å²) >= 11 is 23.7. The van der Waals surface area contributed by atoms with Gasteiger partial charge in [0, 0.05) is 0 Å². The minimum absolute atomic E-state index is 0.237. The number of halogens is 4. The van der Waals surface area contributed by atoms with Crippen LogP contribution in [0.1, 0.15) is 10.4 Å². The Labute approximate surface area is 130 Å².